The van der Waals surface area contributed by atoms with Gasteiger partial charge in [-0.25, -0.2) is 9.37 Å². The van der Waals surface area contributed by atoms with Gasteiger partial charge in [0.05, 0.1) is 10.6 Å². The molecule has 0 radical (unpaired) electrons. The molecule has 5 rings (SSSR count). The van der Waals surface area contributed by atoms with E-state index in [1.807, 2.05) is 18.2 Å². The van der Waals surface area contributed by atoms with Crippen LogP contribution in [-0.2, 0) is 6.61 Å². The molecule has 1 heterocycles. The van der Waals surface area contributed by atoms with Crippen molar-refractivity contribution in [2.24, 2.45) is 0 Å². The van der Waals surface area contributed by atoms with Crippen LogP contribution in [-0.4, -0.2) is 20.0 Å². The zero-order valence-corrected chi connectivity index (χ0v) is 18.3. The van der Waals surface area contributed by atoms with Crippen LogP contribution in [0, 0.1) is 15.9 Å². The van der Waals surface area contributed by atoms with Crippen molar-refractivity contribution in [1.82, 2.24) is 9.97 Å². The Morgan fingerprint density at radius 1 is 0.857 bits per heavy atom. The molecule has 1 N–H and O–H groups in total. The van der Waals surface area contributed by atoms with E-state index in [0.29, 0.717) is 28.2 Å². The third-order valence-electron chi connectivity index (χ3n) is 5.47. The van der Waals surface area contributed by atoms with Gasteiger partial charge in [-0.15, -0.1) is 0 Å². The Morgan fingerprint density at radius 3 is 2.49 bits per heavy atom. The second-order valence-corrected chi connectivity index (χ2v) is 7.85. The fourth-order valence-electron chi connectivity index (χ4n) is 3.69. The van der Waals surface area contributed by atoms with Gasteiger partial charge in [0, 0.05) is 34.9 Å². The zero-order chi connectivity index (χ0) is 24.4. The second kappa shape index (κ2) is 9.18. The van der Waals surface area contributed by atoms with Crippen molar-refractivity contribution in [2.75, 3.05) is 0 Å². The van der Waals surface area contributed by atoms with Crippen LogP contribution < -0.4 is 4.74 Å². The first-order valence-electron chi connectivity index (χ1n) is 10.7. The highest BCUT2D eigenvalue weighted by Gasteiger charge is 2.14. The lowest BCUT2D eigenvalue weighted by Crippen LogP contribution is -2.02. The number of aromatic hydroxyl groups is 1. The number of nitrogens with zero attached hydrogens (tertiary/aromatic N) is 3. The SMILES string of the molecule is O=[N+]([O-])c1cccc(-c2cc(OCc3ccccc3F)nc(-c3ccc4cc(O)ccc4c3)n2)c1. The largest absolute Gasteiger partial charge is 0.508 e. The average molecular weight is 467 g/mol. The average Bonchev–Trinajstić information content (AvgIpc) is 2.88. The lowest BCUT2D eigenvalue weighted by Gasteiger charge is -2.11. The number of aromatic nitrogens is 2. The van der Waals surface area contributed by atoms with E-state index in [0.717, 1.165) is 10.8 Å². The van der Waals surface area contributed by atoms with E-state index in [-0.39, 0.29) is 23.9 Å². The molecule has 0 amide bonds. The summed E-state index contributed by atoms with van der Waals surface area (Å²) in [6, 6.07) is 24.6. The Morgan fingerprint density at radius 2 is 1.66 bits per heavy atom. The van der Waals surface area contributed by atoms with E-state index < -0.39 is 10.7 Å². The molecule has 0 atom stereocenters. The van der Waals surface area contributed by atoms with Crippen molar-refractivity contribution >= 4 is 16.5 Å². The Labute approximate surface area is 199 Å². The van der Waals surface area contributed by atoms with Crippen LogP contribution in [0.25, 0.3) is 33.4 Å². The number of non-ortho nitro benzene ring substituents is 1. The summed E-state index contributed by atoms with van der Waals surface area (Å²) in [5.74, 6) is 0.314. The minimum absolute atomic E-state index is 0.0471. The molecule has 0 saturated heterocycles. The van der Waals surface area contributed by atoms with Crippen molar-refractivity contribution in [1.29, 1.82) is 0 Å². The molecule has 0 aliphatic rings. The van der Waals surface area contributed by atoms with E-state index in [4.69, 9.17) is 4.74 Å². The van der Waals surface area contributed by atoms with Gasteiger partial charge in [0.1, 0.15) is 18.2 Å². The van der Waals surface area contributed by atoms with Gasteiger partial charge in [-0.2, -0.15) is 4.98 Å². The summed E-state index contributed by atoms with van der Waals surface area (Å²) in [4.78, 5) is 20.0. The molecule has 0 saturated carbocycles. The van der Waals surface area contributed by atoms with Crippen LogP contribution in [0.5, 0.6) is 11.6 Å². The highest BCUT2D eigenvalue weighted by molar-refractivity contribution is 5.87. The molecule has 5 aromatic rings. The summed E-state index contributed by atoms with van der Waals surface area (Å²) in [5.41, 5.74) is 1.93. The van der Waals surface area contributed by atoms with Crippen LogP contribution in [0.2, 0.25) is 0 Å². The lowest BCUT2D eigenvalue weighted by atomic mass is 10.1. The molecular formula is C27H18FN3O4. The second-order valence-electron chi connectivity index (χ2n) is 7.85. The maximum atomic E-state index is 14.1. The van der Waals surface area contributed by atoms with Crippen molar-refractivity contribution in [3.63, 3.8) is 0 Å². The number of phenolic OH excluding ortho intramolecular Hbond substituents is 1. The number of ether oxygens (including phenoxy) is 1. The lowest BCUT2D eigenvalue weighted by molar-refractivity contribution is -0.384. The molecule has 7 nitrogen and oxygen atoms in total. The van der Waals surface area contributed by atoms with Gasteiger partial charge in [0.2, 0.25) is 5.88 Å². The van der Waals surface area contributed by atoms with E-state index in [1.165, 1.54) is 18.2 Å². The topological polar surface area (TPSA) is 98.4 Å². The van der Waals surface area contributed by atoms with Gasteiger partial charge in [-0.05, 0) is 35.0 Å². The molecule has 0 aliphatic heterocycles. The van der Waals surface area contributed by atoms with Gasteiger partial charge < -0.3 is 9.84 Å². The number of halogens is 1. The molecule has 0 unspecified atom stereocenters. The number of fused-ring (bicyclic) bond motifs is 1. The smallest absolute Gasteiger partial charge is 0.270 e. The third kappa shape index (κ3) is 4.77. The molecule has 0 fully saturated rings. The van der Waals surface area contributed by atoms with Crippen molar-refractivity contribution in [3.8, 4) is 34.3 Å². The molecule has 4 aromatic carbocycles. The van der Waals surface area contributed by atoms with E-state index >= 15 is 0 Å². The van der Waals surface area contributed by atoms with Gasteiger partial charge >= 0.3 is 0 Å². The third-order valence-corrected chi connectivity index (χ3v) is 5.47. The van der Waals surface area contributed by atoms with Gasteiger partial charge in [0.15, 0.2) is 5.82 Å². The highest BCUT2D eigenvalue weighted by Crippen LogP contribution is 2.30. The van der Waals surface area contributed by atoms with Crippen LogP contribution in [0.1, 0.15) is 5.56 Å². The Hall–Kier alpha value is -4.85. The number of hydrogen-bond acceptors (Lipinski definition) is 6. The fourth-order valence-corrected chi connectivity index (χ4v) is 3.69. The minimum Gasteiger partial charge on any atom is -0.508 e. The van der Waals surface area contributed by atoms with Crippen molar-refractivity contribution < 1.29 is 19.2 Å². The molecule has 0 spiro atoms. The Balaban J connectivity index is 1.59. The quantitative estimate of drug-likeness (QED) is 0.233. The molecule has 1 aromatic heterocycles. The zero-order valence-electron chi connectivity index (χ0n) is 18.3. The van der Waals surface area contributed by atoms with Gasteiger partial charge in [0.25, 0.3) is 5.69 Å². The maximum Gasteiger partial charge on any atom is 0.270 e. The molecule has 172 valence electrons. The molecule has 8 heteroatoms. The molecular weight excluding hydrogens is 449 g/mol. The standard InChI is InChI=1S/C27H18FN3O4/c28-24-7-2-1-4-21(24)16-35-26-15-25(19-5-3-6-22(13-19)31(33)34)29-27(30-26)20-9-8-18-14-23(32)11-10-17(18)12-20/h1-15,32H,16H2. The number of benzene rings is 4. The van der Waals surface area contributed by atoms with Crippen LogP contribution >= 0.6 is 0 Å². The van der Waals surface area contributed by atoms with E-state index in [9.17, 15) is 19.6 Å². The highest BCUT2D eigenvalue weighted by atomic mass is 19.1. The summed E-state index contributed by atoms with van der Waals surface area (Å²) in [6.07, 6.45) is 0. The van der Waals surface area contributed by atoms with Gasteiger partial charge in [-0.3, -0.25) is 10.1 Å². The first-order chi connectivity index (χ1) is 17.0. The predicted octanol–water partition coefficient (Wildman–Crippen LogP) is 6.30. The minimum atomic E-state index is -0.472. The van der Waals surface area contributed by atoms with E-state index in [1.54, 1.807) is 54.6 Å². The Kier molecular flexibility index (Phi) is 5.76. The van der Waals surface area contributed by atoms with Crippen molar-refractivity contribution in [2.45, 2.75) is 6.61 Å². The number of nitro groups is 1. The van der Waals surface area contributed by atoms with Crippen LogP contribution in [0.3, 0.4) is 0 Å². The normalized spacial score (nSPS) is 10.9. The molecule has 35 heavy (non-hydrogen) atoms. The van der Waals surface area contributed by atoms with Crippen LogP contribution in [0.4, 0.5) is 10.1 Å². The first-order valence-corrected chi connectivity index (χ1v) is 10.7. The summed E-state index contributed by atoms with van der Waals surface area (Å²) < 4.78 is 19.9. The summed E-state index contributed by atoms with van der Waals surface area (Å²) in [7, 11) is 0. The number of hydrogen-bond donors (Lipinski definition) is 1. The predicted molar refractivity (Wildman–Crippen MR) is 129 cm³/mol. The van der Waals surface area contributed by atoms with E-state index in [2.05, 4.69) is 9.97 Å². The first kappa shape index (κ1) is 22.0. The number of phenols is 1. The van der Waals surface area contributed by atoms with Crippen molar-refractivity contribution in [3.05, 3.63) is 112 Å². The van der Waals surface area contributed by atoms with Gasteiger partial charge in [-0.1, -0.05) is 48.5 Å². The maximum absolute atomic E-state index is 14.1. The summed E-state index contributed by atoms with van der Waals surface area (Å²) in [5, 5.41) is 22.7. The summed E-state index contributed by atoms with van der Waals surface area (Å²) in [6.45, 7) is -0.0471. The number of nitro benzene ring substituents is 1. The van der Waals surface area contributed by atoms with Crippen LogP contribution in [0.15, 0.2) is 91.0 Å². The fraction of sp³-hybridized carbons (Fsp3) is 0.0370. The summed E-state index contributed by atoms with van der Waals surface area (Å²) >= 11 is 0. The number of rotatable bonds is 6. The monoisotopic (exact) mass is 467 g/mol. The Bertz CT molecular complexity index is 1570. The molecule has 0 bridgehead atoms. The molecule has 0 aliphatic carbocycles.